The number of hydrogen-bond donors (Lipinski definition) is 0. The molecule has 0 atom stereocenters. The second-order valence-electron chi connectivity index (χ2n) is 5.47. The molecule has 0 radical (unpaired) electrons. The first-order valence-corrected chi connectivity index (χ1v) is 22.9. The summed E-state index contributed by atoms with van der Waals surface area (Å²) in [5.74, 6) is -3.75. The molecule has 0 heterocycles. The monoisotopic (exact) mass is 522 g/mol. The van der Waals surface area contributed by atoms with Gasteiger partial charge in [0.25, 0.3) is 0 Å². The molecular weight excluding hydrogens is 500 g/mol. The van der Waals surface area contributed by atoms with Crippen LogP contribution in [0.4, 0.5) is 0 Å². The molecule has 0 aromatic heterocycles. The molecule has 0 aromatic rings. The normalized spacial score (nSPS) is 21.1. The molecule has 0 amide bonds. The number of rotatable bonds is 4. The van der Waals surface area contributed by atoms with Crippen LogP contribution < -0.4 is 0 Å². The van der Waals surface area contributed by atoms with E-state index >= 15 is 0 Å². The van der Waals surface area contributed by atoms with Crippen molar-refractivity contribution in [1.29, 1.82) is 0 Å². The Bertz CT molecular complexity index is 297. The Labute approximate surface area is 114 Å². The maximum atomic E-state index is 11.9. The first-order valence-electron chi connectivity index (χ1n) is 4.50. The number of carbonyl (C=O) groups is 2. The molecule has 0 N–H and O–H groups in total. The van der Waals surface area contributed by atoms with Crippen molar-refractivity contribution in [2.45, 2.75) is 0 Å². The SMILES string of the molecule is C[PH](C)(C)[Fe]([I])([I])([CH]=O)([CH]=O)[PH](C)(C)C. The number of carbonyl (C=O) groups excluding carboxylic acids is 2. The van der Waals surface area contributed by atoms with Crippen LogP contribution >= 0.6 is 52.6 Å². The third kappa shape index (κ3) is 1.83. The fraction of sp³-hybridized carbons (Fsp3) is 0.750. The van der Waals surface area contributed by atoms with Crippen molar-refractivity contribution in [3.05, 3.63) is 0 Å². The summed E-state index contributed by atoms with van der Waals surface area (Å²) in [4.78, 5) is 23.8. The first kappa shape index (κ1) is 17.2. The zero-order valence-corrected chi connectivity index (χ0v) is 17.5. The molecule has 0 aliphatic carbocycles. The molecule has 0 unspecified atom stereocenters. The van der Waals surface area contributed by atoms with E-state index in [0.29, 0.717) is 0 Å². The molecular formula is C8H22FeI2O2P2. The Morgan fingerprint density at radius 1 is 0.800 bits per heavy atom. The van der Waals surface area contributed by atoms with Crippen LogP contribution in [-0.2, 0) is 12.9 Å². The van der Waals surface area contributed by atoms with Crippen LogP contribution in [0.5, 0.6) is 0 Å². The van der Waals surface area contributed by atoms with Gasteiger partial charge in [-0.25, -0.2) is 0 Å². The van der Waals surface area contributed by atoms with Crippen molar-refractivity contribution >= 4 is 63.0 Å². The van der Waals surface area contributed by atoms with Gasteiger partial charge < -0.3 is 0 Å². The zero-order valence-electron chi connectivity index (χ0n) is 10.1. The van der Waals surface area contributed by atoms with Crippen LogP contribution in [0.25, 0.3) is 0 Å². The summed E-state index contributed by atoms with van der Waals surface area (Å²) in [6.45, 7) is 13.0. The molecule has 0 aliphatic rings. The summed E-state index contributed by atoms with van der Waals surface area (Å²) in [5.41, 5.74) is 0. The minimum atomic E-state index is -3.60. The quantitative estimate of drug-likeness (QED) is 0.246. The van der Waals surface area contributed by atoms with Crippen molar-refractivity contribution < 1.29 is 12.9 Å². The Hall–Kier alpha value is 2.18. The van der Waals surface area contributed by atoms with Gasteiger partial charge in [0.15, 0.2) is 0 Å². The molecule has 0 aromatic carbocycles. The Morgan fingerprint density at radius 3 is 1.00 bits per heavy atom. The Balaban J connectivity index is 6.56. The second kappa shape index (κ2) is 3.83. The Kier molecular flexibility index (Phi) is 4.39. The van der Waals surface area contributed by atoms with E-state index in [-0.39, 0.29) is 0 Å². The maximum absolute atomic E-state index is 11.9. The molecule has 0 fully saturated rings. The van der Waals surface area contributed by atoms with Gasteiger partial charge in [0.2, 0.25) is 0 Å². The van der Waals surface area contributed by atoms with Gasteiger partial charge in [-0.15, -0.1) is 0 Å². The zero-order chi connectivity index (χ0) is 12.8. The summed E-state index contributed by atoms with van der Waals surface area (Å²) in [6.07, 6.45) is 0. The van der Waals surface area contributed by atoms with Gasteiger partial charge in [-0.3, -0.25) is 0 Å². The fourth-order valence-electron chi connectivity index (χ4n) is 1.32. The van der Waals surface area contributed by atoms with Crippen molar-refractivity contribution in [2.24, 2.45) is 0 Å². The topological polar surface area (TPSA) is 34.1 Å². The van der Waals surface area contributed by atoms with Crippen molar-refractivity contribution in [3.8, 4) is 0 Å². The van der Waals surface area contributed by atoms with E-state index < -0.39 is 15.3 Å². The summed E-state index contributed by atoms with van der Waals surface area (Å²) >= 11 is 4.61. The van der Waals surface area contributed by atoms with E-state index in [0.717, 1.165) is 10.4 Å². The van der Waals surface area contributed by atoms with Crippen molar-refractivity contribution in [2.75, 3.05) is 40.0 Å². The summed E-state index contributed by atoms with van der Waals surface area (Å²) in [6, 6.07) is 0. The molecule has 0 saturated heterocycles. The van der Waals surface area contributed by atoms with E-state index in [1.54, 1.807) is 0 Å². The summed E-state index contributed by atoms with van der Waals surface area (Å²) < 4.78 is -3.60. The van der Waals surface area contributed by atoms with Crippen LogP contribution in [0.15, 0.2) is 0 Å². The minimum absolute atomic E-state index is 1.08. The molecule has 7 heteroatoms. The summed E-state index contributed by atoms with van der Waals surface area (Å²) in [7, 11) is 0. The summed E-state index contributed by atoms with van der Waals surface area (Å²) in [5, 5.41) is 2.15. The van der Waals surface area contributed by atoms with E-state index in [9.17, 15) is 9.59 Å². The van der Waals surface area contributed by atoms with Gasteiger partial charge in [0, 0.05) is 0 Å². The van der Waals surface area contributed by atoms with Gasteiger partial charge in [0.1, 0.15) is 0 Å². The van der Waals surface area contributed by atoms with E-state index in [1.165, 1.54) is 0 Å². The molecule has 15 heavy (non-hydrogen) atoms. The average molecular weight is 522 g/mol. The predicted octanol–water partition coefficient (Wildman–Crippen LogP) is 3.40. The van der Waals surface area contributed by atoms with Crippen molar-refractivity contribution in [3.63, 3.8) is 0 Å². The molecule has 0 aliphatic heterocycles. The van der Waals surface area contributed by atoms with E-state index in [4.69, 9.17) is 0 Å². The molecule has 0 bridgehead atoms. The third-order valence-corrected chi connectivity index (χ3v) is 107. The van der Waals surface area contributed by atoms with Crippen molar-refractivity contribution in [1.82, 2.24) is 0 Å². The fourth-order valence-corrected chi connectivity index (χ4v) is 35.8. The van der Waals surface area contributed by atoms with Crippen LogP contribution in [0, 0.1) is 0 Å². The third-order valence-electron chi connectivity index (χ3n) is 2.95. The predicted molar refractivity (Wildman–Crippen MR) is 93.7 cm³/mol. The molecule has 2 nitrogen and oxygen atoms in total. The molecule has 0 saturated carbocycles. The second-order valence-corrected chi connectivity index (χ2v) is 71.7. The molecule has 98 valence electrons. The van der Waals surface area contributed by atoms with E-state index in [1.807, 2.05) is 0 Å². The Morgan fingerprint density at radius 2 is 1.00 bits per heavy atom. The van der Waals surface area contributed by atoms with Gasteiger partial charge >= 0.3 is 116 Å². The molecule has 0 rings (SSSR count). The van der Waals surface area contributed by atoms with Gasteiger partial charge in [-0.1, -0.05) is 0 Å². The number of hydrogen-bond acceptors (Lipinski definition) is 2. The average Bonchev–Trinajstić information content (AvgIpc) is 2.01. The number of halogens is 2. The van der Waals surface area contributed by atoms with Crippen LogP contribution in [0.1, 0.15) is 0 Å². The van der Waals surface area contributed by atoms with Crippen LogP contribution in [0.3, 0.4) is 0 Å². The molecule has 0 spiro atoms. The van der Waals surface area contributed by atoms with E-state index in [2.05, 4.69) is 80.7 Å². The van der Waals surface area contributed by atoms with Gasteiger partial charge in [-0.2, -0.15) is 0 Å². The van der Waals surface area contributed by atoms with Crippen LogP contribution in [0.2, 0.25) is 0 Å². The van der Waals surface area contributed by atoms with Gasteiger partial charge in [-0.05, 0) is 0 Å². The standard InChI is InChI=1S/2C3H9P.2CHO.Fe.2HI/c2*1-4(2)3;2*1-2;;;/h2*1-3H3;2*1H;;2*1H. The van der Waals surface area contributed by atoms with Crippen LogP contribution in [-0.4, -0.2) is 50.4 Å². The first-order chi connectivity index (χ1) is 6.22. The van der Waals surface area contributed by atoms with Gasteiger partial charge in [0.05, 0.1) is 0 Å².